The van der Waals surface area contributed by atoms with Gasteiger partial charge in [0.15, 0.2) is 0 Å². The van der Waals surface area contributed by atoms with Crippen molar-refractivity contribution < 1.29 is 13.2 Å². The second-order valence-electron chi connectivity index (χ2n) is 4.64. The largest absolute Gasteiger partial charge is 0.497 e. The van der Waals surface area contributed by atoms with E-state index in [9.17, 15) is 8.42 Å². The molecule has 0 saturated heterocycles. The number of hydrogen-bond donors (Lipinski definition) is 0. The minimum Gasteiger partial charge on any atom is -0.497 e. The number of ether oxygens (including phenoxy) is 1. The fraction of sp³-hybridized carbons (Fsp3) is 0.188. The summed E-state index contributed by atoms with van der Waals surface area (Å²) in [6, 6.07) is 13.7. The molecule has 0 amide bonds. The van der Waals surface area contributed by atoms with E-state index in [-0.39, 0.29) is 4.90 Å². The lowest BCUT2D eigenvalue weighted by atomic mass is 10.3. The van der Waals surface area contributed by atoms with Crippen molar-refractivity contribution >= 4 is 38.0 Å². The standard InChI is InChI=1S/C16H17BrN2O3S/c1-3-19(14-6-4-5-13(17)11-14)12-18-23(20,21)16-9-7-15(22-2)8-10-16/h4-12H,3H2,1-2H3/b18-12+. The Balaban J connectivity index is 2.24. The molecule has 2 aromatic rings. The van der Waals surface area contributed by atoms with Crippen molar-refractivity contribution in [1.82, 2.24) is 0 Å². The van der Waals surface area contributed by atoms with Crippen molar-refractivity contribution in [3.63, 3.8) is 0 Å². The van der Waals surface area contributed by atoms with Gasteiger partial charge in [0.25, 0.3) is 10.0 Å². The summed E-state index contributed by atoms with van der Waals surface area (Å²) < 4.78 is 34.3. The highest BCUT2D eigenvalue weighted by Crippen LogP contribution is 2.20. The van der Waals surface area contributed by atoms with E-state index in [0.29, 0.717) is 12.3 Å². The maximum atomic E-state index is 12.3. The van der Waals surface area contributed by atoms with Crippen LogP contribution in [0.3, 0.4) is 0 Å². The Labute approximate surface area is 144 Å². The molecule has 0 atom stereocenters. The first-order chi connectivity index (χ1) is 11.0. The summed E-state index contributed by atoms with van der Waals surface area (Å²) in [5.41, 5.74) is 0.857. The lowest BCUT2D eigenvalue weighted by Crippen LogP contribution is -2.21. The van der Waals surface area contributed by atoms with Crippen LogP contribution in [0.5, 0.6) is 5.75 Å². The third-order valence-corrected chi connectivity index (χ3v) is 4.90. The first-order valence-electron chi connectivity index (χ1n) is 6.93. The third kappa shape index (κ3) is 4.56. The van der Waals surface area contributed by atoms with E-state index in [0.717, 1.165) is 10.2 Å². The van der Waals surface area contributed by atoms with Crippen molar-refractivity contribution in [3.8, 4) is 5.75 Å². The van der Waals surface area contributed by atoms with Gasteiger partial charge in [-0.1, -0.05) is 22.0 Å². The van der Waals surface area contributed by atoms with Gasteiger partial charge in [0.05, 0.1) is 12.0 Å². The van der Waals surface area contributed by atoms with E-state index >= 15 is 0 Å². The molecule has 0 saturated carbocycles. The zero-order chi connectivity index (χ0) is 16.9. The normalized spacial score (nSPS) is 11.6. The molecule has 23 heavy (non-hydrogen) atoms. The van der Waals surface area contributed by atoms with Gasteiger partial charge in [0.1, 0.15) is 12.1 Å². The molecule has 7 heteroatoms. The number of halogens is 1. The SMILES string of the molecule is CCN(/C=N/S(=O)(=O)c1ccc(OC)cc1)c1cccc(Br)c1. The number of sulfonamides is 1. The van der Waals surface area contributed by atoms with Crippen LogP contribution in [0, 0.1) is 0 Å². The summed E-state index contributed by atoms with van der Waals surface area (Å²) in [6.45, 7) is 2.52. The lowest BCUT2D eigenvalue weighted by Gasteiger charge is -2.17. The second kappa shape index (κ2) is 7.61. The zero-order valence-electron chi connectivity index (χ0n) is 12.8. The second-order valence-corrected chi connectivity index (χ2v) is 7.19. The molecule has 0 aliphatic rings. The van der Waals surface area contributed by atoms with Crippen molar-refractivity contribution in [1.29, 1.82) is 0 Å². The maximum Gasteiger partial charge on any atom is 0.283 e. The predicted molar refractivity (Wildman–Crippen MR) is 95.8 cm³/mol. The molecule has 0 aromatic heterocycles. The van der Waals surface area contributed by atoms with Gasteiger partial charge in [-0.25, -0.2) is 0 Å². The van der Waals surface area contributed by atoms with Crippen LogP contribution in [-0.2, 0) is 10.0 Å². The van der Waals surface area contributed by atoms with E-state index in [2.05, 4.69) is 20.3 Å². The summed E-state index contributed by atoms with van der Waals surface area (Å²) in [5.74, 6) is 0.595. The molecule has 0 heterocycles. The molecule has 0 fully saturated rings. The molecular weight excluding hydrogens is 380 g/mol. The number of rotatable bonds is 6. The van der Waals surface area contributed by atoms with Crippen molar-refractivity contribution in [2.75, 3.05) is 18.6 Å². The number of benzene rings is 2. The first kappa shape index (κ1) is 17.5. The average Bonchev–Trinajstić information content (AvgIpc) is 2.55. The predicted octanol–water partition coefficient (Wildman–Crippen LogP) is 3.70. The van der Waals surface area contributed by atoms with E-state index in [1.54, 1.807) is 17.0 Å². The highest BCUT2D eigenvalue weighted by atomic mass is 79.9. The van der Waals surface area contributed by atoms with Gasteiger partial charge < -0.3 is 9.64 Å². The van der Waals surface area contributed by atoms with Crippen LogP contribution in [0.2, 0.25) is 0 Å². The van der Waals surface area contributed by atoms with Gasteiger partial charge in [-0.05, 0) is 49.4 Å². The van der Waals surface area contributed by atoms with Gasteiger partial charge in [-0.15, -0.1) is 4.40 Å². The van der Waals surface area contributed by atoms with Crippen LogP contribution >= 0.6 is 15.9 Å². The van der Waals surface area contributed by atoms with E-state index < -0.39 is 10.0 Å². The minimum absolute atomic E-state index is 0.125. The molecule has 0 bridgehead atoms. The Morgan fingerprint density at radius 3 is 2.48 bits per heavy atom. The average molecular weight is 397 g/mol. The topological polar surface area (TPSA) is 59.0 Å². The lowest BCUT2D eigenvalue weighted by molar-refractivity contribution is 0.414. The van der Waals surface area contributed by atoms with Gasteiger partial charge in [-0.3, -0.25) is 0 Å². The molecule has 0 spiro atoms. The molecule has 0 aliphatic heterocycles. The van der Waals surface area contributed by atoms with E-state index in [1.165, 1.54) is 25.6 Å². The van der Waals surface area contributed by atoms with Crippen LogP contribution in [-0.4, -0.2) is 28.4 Å². The Morgan fingerprint density at radius 1 is 1.22 bits per heavy atom. The number of hydrogen-bond acceptors (Lipinski definition) is 3. The van der Waals surface area contributed by atoms with Gasteiger partial charge in [0.2, 0.25) is 0 Å². The summed E-state index contributed by atoms with van der Waals surface area (Å²) >= 11 is 3.40. The van der Waals surface area contributed by atoms with Crippen molar-refractivity contribution in [3.05, 3.63) is 53.0 Å². The summed E-state index contributed by atoms with van der Waals surface area (Å²) in [4.78, 5) is 1.88. The Kier molecular flexibility index (Phi) is 5.79. The first-order valence-corrected chi connectivity index (χ1v) is 9.16. The smallest absolute Gasteiger partial charge is 0.283 e. The number of methoxy groups -OCH3 is 1. The fourth-order valence-electron chi connectivity index (χ4n) is 1.91. The van der Waals surface area contributed by atoms with Crippen molar-refractivity contribution in [2.24, 2.45) is 4.40 Å². The van der Waals surface area contributed by atoms with Gasteiger partial charge in [0, 0.05) is 16.7 Å². The molecule has 0 radical (unpaired) electrons. The number of nitrogens with zero attached hydrogens (tertiary/aromatic N) is 2. The number of anilines is 1. The van der Waals surface area contributed by atoms with Crippen LogP contribution < -0.4 is 9.64 Å². The monoisotopic (exact) mass is 396 g/mol. The molecule has 0 unspecified atom stereocenters. The Hall–Kier alpha value is -1.86. The summed E-state index contributed by atoms with van der Waals surface area (Å²) in [5, 5.41) is 0. The fourth-order valence-corrected chi connectivity index (χ4v) is 3.14. The molecule has 2 rings (SSSR count). The van der Waals surface area contributed by atoms with Crippen LogP contribution in [0.15, 0.2) is 62.3 Å². The minimum atomic E-state index is -3.75. The molecule has 0 N–H and O–H groups in total. The van der Waals surface area contributed by atoms with Gasteiger partial charge >= 0.3 is 0 Å². The zero-order valence-corrected chi connectivity index (χ0v) is 15.2. The van der Waals surface area contributed by atoms with Crippen LogP contribution in [0.25, 0.3) is 0 Å². The van der Waals surface area contributed by atoms with E-state index in [4.69, 9.17) is 4.74 Å². The van der Waals surface area contributed by atoms with Crippen molar-refractivity contribution in [2.45, 2.75) is 11.8 Å². The summed E-state index contributed by atoms with van der Waals surface area (Å²) in [7, 11) is -2.22. The van der Waals surface area contributed by atoms with Crippen LogP contribution in [0.1, 0.15) is 6.92 Å². The Bertz CT molecular complexity index is 789. The quantitative estimate of drug-likeness (QED) is 0.551. The van der Waals surface area contributed by atoms with E-state index in [1.807, 2.05) is 31.2 Å². The highest BCUT2D eigenvalue weighted by molar-refractivity contribution is 9.10. The third-order valence-electron chi connectivity index (χ3n) is 3.16. The molecule has 5 nitrogen and oxygen atoms in total. The maximum absolute atomic E-state index is 12.3. The molecular formula is C16H17BrN2O3S. The molecule has 0 aliphatic carbocycles. The Morgan fingerprint density at radius 2 is 1.91 bits per heavy atom. The van der Waals surface area contributed by atoms with Crippen LogP contribution in [0.4, 0.5) is 5.69 Å². The molecule has 2 aromatic carbocycles. The highest BCUT2D eigenvalue weighted by Gasteiger charge is 2.12. The van der Waals surface area contributed by atoms with Gasteiger partial charge in [-0.2, -0.15) is 8.42 Å². The molecule has 122 valence electrons. The summed E-state index contributed by atoms with van der Waals surface area (Å²) in [6.07, 6.45) is 1.33.